The molecule has 6 nitrogen and oxygen atoms in total. The average molecular weight is 335 g/mol. The van der Waals surface area contributed by atoms with Gasteiger partial charge in [0.2, 0.25) is 0 Å². The second kappa shape index (κ2) is 6.37. The number of rotatable bonds is 5. The lowest BCUT2D eigenvalue weighted by Gasteiger charge is -2.10. The van der Waals surface area contributed by atoms with Gasteiger partial charge >= 0.3 is 0 Å². The number of benzene rings is 2. The minimum Gasteiger partial charge on any atom is -0.496 e. The van der Waals surface area contributed by atoms with Crippen molar-refractivity contribution in [1.82, 2.24) is 0 Å². The largest absolute Gasteiger partial charge is 0.496 e. The Morgan fingerprint density at radius 2 is 1.78 bits per heavy atom. The molecular formula is C16H17NO5S. The first-order valence-electron chi connectivity index (χ1n) is 6.86. The van der Waals surface area contributed by atoms with Gasteiger partial charge in [0.15, 0.2) is 9.84 Å². The Labute approximate surface area is 134 Å². The summed E-state index contributed by atoms with van der Waals surface area (Å²) in [5, 5.41) is 10.9. The van der Waals surface area contributed by atoms with Crippen molar-refractivity contribution in [3.8, 4) is 5.75 Å². The quantitative estimate of drug-likeness (QED) is 0.618. The molecule has 0 aromatic heterocycles. The molecule has 0 heterocycles. The molecule has 0 radical (unpaired) electrons. The van der Waals surface area contributed by atoms with Crippen LogP contribution in [0.5, 0.6) is 5.75 Å². The average Bonchev–Trinajstić information content (AvgIpc) is 2.49. The van der Waals surface area contributed by atoms with Gasteiger partial charge in [-0.25, -0.2) is 8.42 Å². The standard InChI is InChI=1S/C16H17NO5S/c1-11-4-6-15(8-12(11)2)23(20,21)10-13-9-14(17(18)19)5-7-16(13)22-3/h4-9H,10H2,1-3H3. The molecule has 2 rings (SSSR count). The molecule has 0 aliphatic heterocycles. The SMILES string of the molecule is COc1ccc([N+](=O)[O-])cc1CS(=O)(=O)c1ccc(C)c(C)c1. The maximum absolute atomic E-state index is 12.6. The fourth-order valence-corrected chi connectivity index (χ4v) is 3.62. The number of hydrogen-bond donors (Lipinski definition) is 0. The van der Waals surface area contributed by atoms with E-state index in [0.717, 1.165) is 11.1 Å². The summed E-state index contributed by atoms with van der Waals surface area (Å²) in [4.78, 5) is 10.5. The molecule has 0 bridgehead atoms. The number of nitrogens with zero attached hydrogens (tertiary/aromatic N) is 1. The topological polar surface area (TPSA) is 86.5 Å². The van der Waals surface area contributed by atoms with E-state index in [2.05, 4.69) is 0 Å². The molecular weight excluding hydrogens is 318 g/mol. The third-order valence-corrected chi connectivity index (χ3v) is 5.32. The van der Waals surface area contributed by atoms with Gasteiger partial charge in [-0.3, -0.25) is 10.1 Å². The number of aryl methyl sites for hydroxylation is 2. The zero-order valence-corrected chi connectivity index (χ0v) is 13.9. The van der Waals surface area contributed by atoms with Crippen molar-refractivity contribution in [3.63, 3.8) is 0 Å². The van der Waals surface area contributed by atoms with Gasteiger partial charge in [0.05, 0.1) is 22.7 Å². The monoisotopic (exact) mass is 335 g/mol. The molecule has 0 N–H and O–H groups in total. The lowest BCUT2D eigenvalue weighted by atomic mass is 10.1. The third-order valence-electron chi connectivity index (χ3n) is 3.66. The highest BCUT2D eigenvalue weighted by molar-refractivity contribution is 7.90. The molecule has 0 saturated carbocycles. The fourth-order valence-electron chi connectivity index (χ4n) is 2.19. The van der Waals surface area contributed by atoms with Gasteiger partial charge in [-0.2, -0.15) is 0 Å². The fraction of sp³-hybridized carbons (Fsp3) is 0.250. The zero-order chi connectivity index (χ0) is 17.2. The van der Waals surface area contributed by atoms with E-state index in [9.17, 15) is 18.5 Å². The van der Waals surface area contributed by atoms with Crippen LogP contribution in [0.25, 0.3) is 0 Å². The van der Waals surface area contributed by atoms with Gasteiger partial charge in [-0.15, -0.1) is 0 Å². The molecule has 0 unspecified atom stereocenters. The van der Waals surface area contributed by atoms with Crippen LogP contribution in [0, 0.1) is 24.0 Å². The van der Waals surface area contributed by atoms with Crippen LogP contribution in [-0.4, -0.2) is 20.5 Å². The Kier molecular flexibility index (Phi) is 4.70. The molecule has 23 heavy (non-hydrogen) atoms. The number of nitro groups is 1. The summed E-state index contributed by atoms with van der Waals surface area (Å²) in [7, 11) is -2.23. The van der Waals surface area contributed by atoms with E-state index >= 15 is 0 Å². The second-order valence-corrected chi connectivity index (χ2v) is 7.25. The number of sulfone groups is 1. The summed E-state index contributed by atoms with van der Waals surface area (Å²) in [6, 6.07) is 8.81. The first-order valence-corrected chi connectivity index (χ1v) is 8.51. The van der Waals surface area contributed by atoms with Crippen molar-refractivity contribution >= 4 is 15.5 Å². The lowest BCUT2D eigenvalue weighted by Crippen LogP contribution is -2.07. The van der Waals surface area contributed by atoms with Gasteiger partial charge in [0, 0.05) is 17.7 Å². The van der Waals surface area contributed by atoms with Gasteiger partial charge in [-0.1, -0.05) is 6.07 Å². The highest BCUT2D eigenvalue weighted by Crippen LogP contribution is 2.28. The summed E-state index contributed by atoms with van der Waals surface area (Å²) in [5.41, 5.74) is 1.96. The zero-order valence-electron chi connectivity index (χ0n) is 13.1. The van der Waals surface area contributed by atoms with E-state index in [1.807, 2.05) is 13.8 Å². The Balaban J connectivity index is 2.45. The van der Waals surface area contributed by atoms with Crippen LogP contribution >= 0.6 is 0 Å². The highest BCUT2D eigenvalue weighted by atomic mass is 32.2. The Hall–Kier alpha value is -2.41. The molecule has 2 aromatic carbocycles. The van der Waals surface area contributed by atoms with Crippen molar-refractivity contribution in [2.75, 3.05) is 7.11 Å². The number of methoxy groups -OCH3 is 1. The first kappa shape index (κ1) is 17.0. The molecule has 0 saturated heterocycles. The van der Waals surface area contributed by atoms with E-state index in [0.29, 0.717) is 5.75 Å². The molecule has 0 atom stereocenters. The molecule has 0 aliphatic rings. The molecule has 0 aliphatic carbocycles. The summed E-state index contributed by atoms with van der Waals surface area (Å²) in [5.74, 6) is -0.0524. The predicted molar refractivity (Wildman–Crippen MR) is 86.5 cm³/mol. The molecule has 0 amide bonds. The van der Waals surface area contributed by atoms with Gasteiger partial charge in [-0.05, 0) is 43.2 Å². The van der Waals surface area contributed by atoms with Crippen LogP contribution < -0.4 is 4.74 Å². The Morgan fingerprint density at radius 1 is 1.09 bits per heavy atom. The normalized spacial score (nSPS) is 11.3. The van der Waals surface area contributed by atoms with E-state index in [-0.39, 0.29) is 21.9 Å². The number of non-ortho nitro benzene ring substituents is 1. The molecule has 122 valence electrons. The molecule has 2 aromatic rings. The van der Waals surface area contributed by atoms with Crippen LogP contribution in [0.4, 0.5) is 5.69 Å². The molecule has 0 fully saturated rings. The Morgan fingerprint density at radius 3 is 2.35 bits per heavy atom. The summed E-state index contributed by atoms with van der Waals surface area (Å²) in [6.07, 6.45) is 0. The van der Waals surface area contributed by atoms with Gasteiger partial charge in [0.1, 0.15) is 5.75 Å². The summed E-state index contributed by atoms with van der Waals surface area (Å²) < 4.78 is 30.3. The van der Waals surface area contributed by atoms with E-state index in [1.165, 1.54) is 25.3 Å². The van der Waals surface area contributed by atoms with Crippen molar-refractivity contribution < 1.29 is 18.1 Å². The van der Waals surface area contributed by atoms with Crippen molar-refractivity contribution in [2.45, 2.75) is 24.5 Å². The van der Waals surface area contributed by atoms with Crippen LogP contribution in [0.1, 0.15) is 16.7 Å². The summed E-state index contributed by atoms with van der Waals surface area (Å²) in [6.45, 7) is 3.73. The summed E-state index contributed by atoms with van der Waals surface area (Å²) >= 11 is 0. The lowest BCUT2D eigenvalue weighted by molar-refractivity contribution is -0.384. The molecule has 0 spiro atoms. The van der Waals surface area contributed by atoms with E-state index < -0.39 is 14.8 Å². The minimum absolute atomic E-state index is 0.170. The van der Waals surface area contributed by atoms with E-state index in [1.54, 1.807) is 18.2 Å². The van der Waals surface area contributed by atoms with Crippen molar-refractivity contribution in [1.29, 1.82) is 0 Å². The van der Waals surface area contributed by atoms with Crippen molar-refractivity contribution in [2.24, 2.45) is 0 Å². The third kappa shape index (κ3) is 3.68. The van der Waals surface area contributed by atoms with E-state index in [4.69, 9.17) is 4.74 Å². The van der Waals surface area contributed by atoms with Gasteiger partial charge < -0.3 is 4.74 Å². The first-order chi connectivity index (χ1) is 10.7. The number of nitro benzene ring substituents is 1. The smallest absolute Gasteiger partial charge is 0.270 e. The molecule has 7 heteroatoms. The second-order valence-electron chi connectivity index (χ2n) is 5.26. The van der Waals surface area contributed by atoms with Crippen LogP contribution in [-0.2, 0) is 15.6 Å². The predicted octanol–water partition coefficient (Wildman–Crippen LogP) is 3.19. The highest BCUT2D eigenvalue weighted by Gasteiger charge is 2.20. The number of hydrogen-bond acceptors (Lipinski definition) is 5. The maximum atomic E-state index is 12.6. The maximum Gasteiger partial charge on any atom is 0.270 e. The van der Waals surface area contributed by atoms with Crippen LogP contribution in [0.15, 0.2) is 41.3 Å². The van der Waals surface area contributed by atoms with Gasteiger partial charge in [0.25, 0.3) is 5.69 Å². The Bertz CT molecular complexity index is 859. The van der Waals surface area contributed by atoms with Crippen LogP contribution in [0.2, 0.25) is 0 Å². The number of ether oxygens (including phenoxy) is 1. The van der Waals surface area contributed by atoms with Crippen molar-refractivity contribution in [3.05, 3.63) is 63.2 Å². The van der Waals surface area contributed by atoms with Crippen LogP contribution in [0.3, 0.4) is 0 Å². The minimum atomic E-state index is -3.63.